The van der Waals surface area contributed by atoms with Crippen molar-refractivity contribution in [2.45, 2.75) is 90.8 Å². The van der Waals surface area contributed by atoms with Gasteiger partial charge in [-0.25, -0.2) is 0 Å². The van der Waals surface area contributed by atoms with Crippen molar-refractivity contribution in [1.29, 1.82) is 0 Å². The monoisotopic (exact) mass is 490 g/mol. The van der Waals surface area contributed by atoms with Gasteiger partial charge >= 0.3 is 5.97 Å². The Kier molecular flexibility index (Phi) is 5.99. The second-order valence-electron chi connectivity index (χ2n) is 11.3. The van der Waals surface area contributed by atoms with Crippen molar-refractivity contribution in [3.63, 3.8) is 0 Å². The number of hydrogen-bond donors (Lipinski definition) is 1. The summed E-state index contributed by atoms with van der Waals surface area (Å²) < 4.78 is 23.3. The Morgan fingerprint density at radius 2 is 1.82 bits per heavy atom. The maximum Gasteiger partial charge on any atom is 0.303 e. The molecule has 0 aromatic carbocycles. The third kappa shape index (κ3) is 2.99. The minimum absolute atomic E-state index is 0.0126. The Morgan fingerprint density at radius 1 is 1.18 bits per heavy atom. The van der Waals surface area contributed by atoms with Crippen LogP contribution >= 0.6 is 0 Å². The molecule has 0 aromatic rings. The maximum absolute atomic E-state index is 14.5. The molecule has 0 spiro atoms. The highest BCUT2D eigenvalue weighted by atomic mass is 28.2. The smallest absolute Gasteiger partial charge is 0.303 e. The van der Waals surface area contributed by atoms with E-state index in [0.29, 0.717) is 12.8 Å². The first-order chi connectivity index (χ1) is 15.2. The predicted octanol–water partition coefficient (Wildman–Crippen LogP) is 1.98. The molecular weight excluding hydrogens is 456 g/mol. The number of esters is 1. The standard InChI is InChI=1S/C24H34O7Si2/c1-11-15(30-32)9-24(27)13(3)19-22(7,20(26)12(2)18(11)21(24,5)6)16(31-33)8-17-23(19,10-28-17)29-14(4)25/h12-13,15-17,19,27H,8-10H2,1-7H3/t12-,13+,15?,16?,17?,19?,22-,23?,24?/m1/s1. The summed E-state index contributed by atoms with van der Waals surface area (Å²) in [5, 5.41) is 12.5. The van der Waals surface area contributed by atoms with E-state index in [1.807, 2.05) is 41.5 Å². The van der Waals surface area contributed by atoms with Crippen LogP contribution in [0, 0.1) is 28.6 Å². The normalized spacial score (nSPS) is 48.7. The Labute approximate surface area is 203 Å². The number of ether oxygens (including phenoxy) is 2. The zero-order valence-corrected chi connectivity index (χ0v) is 22.5. The minimum atomic E-state index is -1.25. The summed E-state index contributed by atoms with van der Waals surface area (Å²) in [4.78, 5) is 26.8. The van der Waals surface area contributed by atoms with Crippen LogP contribution < -0.4 is 0 Å². The molecule has 4 rings (SSSR count). The van der Waals surface area contributed by atoms with E-state index in [4.69, 9.17) is 18.3 Å². The number of rotatable bonds is 3. The van der Waals surface area contributed by atoms with Gasteiger partial charge in [-0.05, 0) is 25.3 Å². The van der Waals surface area contributed by atoms with Crippen LogP contribution in [0.15, 0.2) is 11.1 Å². The average Bonchev–Trinajstić information content (AvgIpc) is 2.72. The van der Waals surface area contributed by atoms with E-state index in [2.05, 4.69) is 21.0 Å². The molecule has 3 fully saturated rings. The SMILES string of the molecule is CC(=O)OC12COC1CC(O[Si])[C@@]1(C)C(=O)[C@H](C)C3=C(C)C(O[Si])CC(O)([C@@H](C)C21)C3(C)C. The Morgan fingerprint density at radius 3 is 2.30 bits per heavy atom. The molecule has 6 unspecified atom stereocenters. The summed E-state index contributed by atoms with van der Waals surface area (Å²) in [6.07, 6.45) is -0.571. The van der Waals surface area contributed by atoms with Crippen LogP contribution in [-0.4, -0.2) is 74.0 Å². The van der Waals surface area contributed by atoms with Crippen LogP contribution in [-0.2, 0) is 27.9 Å². The van der Waals surface area contributed by atoms with E-state index in [0.717, 1.165) is 11.1 Å². The first-order valence-corrected chi connectivity index (χ1v) is 12.5. The quantitative estimate of drug-likeness (QED) is 0.367. The fourth-order valence-corrected chi connectivity index (χ4v) is 8.75. The van der Waals surface area contributed by atoms with Gasteiger partial charge in [0.2, 0.25) is 21.0 Å². The molecule has 0 aromatic heterocycles. The number of carbonyl (C=O) groups is 2. The second-order valence-corrected chi connectivity index (χ2v) is 11.8. The number of carbonyl (C=O) groups excluding carboxylic acids is 2. The maximum atomic E-state index is 14.5. The molecule has 7 nitrogen and oxygen atoms in total. The molecular formula is C24H34O7Si2. The minimum Gasteiger partial charge on any atom is -0.454 e. The predicted molar refractivity (Wildman–Crippen MR) is 121 cm³/mol. The average molecular weight is 491 g/mol. The Hall–Kier alpha value is -0.846. The number of ketones is 1. The largest absolute Gasteiger partial charge is 0.454 e. The first-order valence-electron chi connectivity index (χ1n) is 11.7. The van der Waals surface area contributed by atoms with Crippen molar-refractivity contribution in [1.82, 2.24) is 0 Å². The van der Waals surface area contributed by atoms with Crippen molar-refractivity contribution >= 4 is 32.7 Å². The van der Waals surface area contributed by atoms with E-state index in [-0.39, 0.29) is 18.5 Å². The molecule has 2 saturated carbocycles. The van der Waals surface area contributed by atoms with Crippen LogP contribution in [0.1, 0.15) is 61.3 Å². The molecule has 9 heteroatoms. The summed E-state index contributed by atoms with van der Waals surface area (Å²) in [6, 6.07) is 0. The number of fused-ring (bicyclic) bond motifs is 5. The van der Waals surface area contributed by atoms with Gasteiger partial charge < -0.3 is 23.4 Å². The fourth-order valence-electron chi connectivity index (χ4n) is 8.15. The molecule has 6 radical (unpaired) electrons. The van der Waals surface area contributed by atoms with Gasteiger partial charge in [0.15, 0.2) is 5.60 Å². The lowest BCUT2D eigenvalue weighted by molar-refractivity contribution is -0.335. The molecule has 2 bridgehead atoms. The van der Waals surface area contributed by atoms with E-state index < -0.39 is 58.0 Å². The topological polar surface area (TPSA) is 91.3 Å². The van der Waals surface area contributed by atoms with Crippen LogP contribution in [0.5, 0.6) is 0 Å². The van der Waals surface area contributed by atoms with Crippen LogP contribution in [0.4, 0.5) is 0 Å². The molecule has 9 atom stereocenters. The van der Waals surface area contributed by atoms with Crippen LogP contribution in [0.2, 0.25) is 0 Å². The van der Waals surface area contributed by atoms with Crippen molar-refractivity contribution in [2.75, 3.05) is 6.61 Å². The Balaban J connectivity index is 2.03. The van der Waals surface area contributed by atoms with Crippen LogP contribution in [0.25, 0.3) is 0 Å². The third-order valence-electron chi connectivity index (χ3n) is 9.71. The summed E-state index contributed by atoms with van der Waals surface area (Å²) in [7, 11) is 6.44. The highest BCUT2D eigenvalue weighted by molar-refractivity contribution is 5.99. The fraction of sp³-hybridized carbons (Fsp3) is 0.833. The lowest BCUT2D eigenvalue weighted by atomic mass is 9.42. The first kappa shape index (κ1) is 25.3. The van der Waals surface area contributed by atoms with Crippen LogP contribution in [0.3, 0.4) is 0 Å². The van der Waals surface area contributed by atoms with Gasteiger partial charge in [-0.3, -0.25) is 9.59 Å². The highest BCUT2D eigenvalue weighted by Gasteiger charge is 2.75. The van der Waals surface area contributed by atoms with Gasteiger partial charge in [0.25, 0.3) is 0 Å². The highest BCUT2D eigenvalue weighted by Crippen LogP contribution is 2.66. The number of hydrogen-bond acceptors (Lipinski definition) is 7. The summed E-state index contributed by atoms with van der Waals surface area (Å²) in [6.45, 7) is 13.3. The summed E-state index contributed by atoms with van der Waals surface area (Å²) in [5.74, 6) is -1.88. The lowest BCUT2D eigenvalue weighted by Gasteiger charge is -2.68. The molecule has 1 heterocycles. The van der Waals surface area contributed by atoms with Crippen molar-refractivity contribution < 1.29 is 33.0 Å². The van der Waals surface area contributed by atoms with Crippen molar-refractivity contribution in [3.05, 3.63) is 11.1 Å². The lowest BCUT2D eigenvalue weighted by Crippen LogP contribution is -2.79. The molecule has 3 aliphatic carbocycles. The molecule has 4 aliphatic rings. The van der Waals surface area contributed by atoms with E-state index in [1.54, 1.807) is 0 Å². The molecule has 1 N–H and O–H groups in total. The van der Waals surface area contributed by atoms with Gasteiger partial charge in [-0.1, -0.05) is 33.3 Å². The zero-order chi connectivity index (χ0) is 24.7. The van der Waals surface area contributed by atoms with Crippen molar-refractivity contribution in [2.24, 2.45) is 28.6 Å². The Bertz CT molecular complexity index is 903. The molecule has 1 aliphatic heterocycles. The summed E-state index contributed by atoms with van der Waals surface area (Å²) >= 11 is 0. The van der Waals surface area contributed by atoms with E-state index in [1.165, 1.54) is 6.92 Å². The van der Waals surface area contributed by atoms with Gasteiger partial charge in [-0.15, -0.1) is 0 Å². The van der Waals surface area contributed by atoms with E-state index in [9.17, 15) is 14.7 Å². The summed E-state index contributed by atoms with van der Waals surface area (Å²) in [5.41, 5.74) is -2.15. The second kappa shape index (κ2) is 7.83. The third-order valence-corrected chi connectivity index (χ3v) is 10.3. The molecule has 0 amide bonds. The number of aliphatic hydroxyl groups is 1. The van der Waals surface area contributed by atoms with Crippen molar-refractivity contribution in [3.8, 4) is 0 Å². The molecule has 1 saturated heterocycles. The molecule has 33 heavy (non-hydrogen) atoms. The van der Waals surface area contributed by atoms with Gasteiger partial charge in [0, 0.05) is 37.0 Å². The van der Waals surface area contributed by atoms with Gasteiger partial charge in [-0.2, -0.15) is 0 Å². The number of Topliss-reactive ketones (excluding diaryl/α,β-unsaturated/α-hetero) is 1. The zero-order valence-electron chi connectivity index (χ0n) is 20.5. The van der Waals surface area contributed by atoms with E-state index >= 15 is 0 Å². The van der Waals surface area contributed by atoms with Gasteiger partial charge in [0.1, 0.15) is 11.9 Å². The molecule has 180 valence electrons. The van der Waals surface area contributed by atoms with Gasteiger partial charge in [0.05, 0.1) is 29.8 Å².